The number of benzene rings is 1. The highest BCUT2D eigenvalue weighted by Crippen LogP contribution is 2.28. The Labute approximate surface area is 177 Å². The quantitative estimate of drug-likeness (QED) is 0.560. The second-order valence-electron chi connectivity index (χ2n) is 7.20. The summed E-state index contributed by atoms with van der Waals surface area (Å²) in [7, 11) is 1.54. The van der Waals surface area contributed by atoms with Crippen LogP contribution in [0, 0.1) is 11.3 Å². The van der Waals surface area contributed by atoms with Gasteiger partial charge in [0.2, 0.25) is 5.91 Å². The molecular formula is C23H27N3O4. The van der Waals surface area contributed by atoms with Crippen molar-refractivity contribution in [2.24, 2.45) is 0 Å². The summed E-state index contributed by atoms with van der Waals surface area (Å²) in [5, 5.41) is 8.98. The zero-order valence-corrected chi connectivity index (χ0v) is 17.3. The van der Waals surface area contributed by atoms with E-state index < -0.39 is 0 Å². The highest BCUT2D eigenvalue weighted by molar-refractivity contribution is 5.76. The van der Waals surface area contributed by atoms with Crippen molar-refractivity contribution in [3.05, 3.63) is 53.9 Å². The highest BCUT2D eigenvalue weighted by Gasteiger charge is 2.22. The van der Waals surface area contributed by atoms with Gasteiger partial charge in [0.25, 0.3) is 0 Å². The van der Waals surface area contributed by atoms with Crippen molar-refractivity contribution < 1.29 is 19.0 Å². The lowest BCUT2D eigenvalue weighted by molar-refractivity contribution is -0.133. The van der Waals surface area contributed by atoms with Crippen molar-refractivity contribution in [1.29, 1.82) is 5.26 Å². The van der Waals surface area contributed by atoms with Crippen LogP contribution >= 0.6 is 0 Å². The zero-order chi connectivity index (χ0) is 21.2. The molecule has 1 unspecified atom stereocenters. The molecule has 1 fully saturated rings. The Balaban J connectivity index is 1.53. The first-order chi connectivity index (χ1) is 14.7. The van der Waals surface area contributed by atoms with E-state index in [2.05, 4.69) is 11.1 Å². The molecule has 7 nitrogen and oxygen atoms in total. The molecule has 0 spiro atoms. The minimum atomic E-state index is 0.0738. The first-order valence-corrected chi connectivity index (χ1v) is 10.2. The fraction of sp³-hybridized carbons (Fsp3) is 0.435. The second kappa shape index (κ2) is 11.2. The number of methoxy groups -OCH3 is 1. The summed E-state index contributed by atoms with van der Waals surface area (Å²) < 4.78 is 16.8. The van der Waals surface area contributed by atoms with Crippen molar-refractivity contribution in [3.8, 4) is 17.6 Å². The summed E-state index contributed by atoms with van der Waals surface area (Å²) >= 11 is 0. The number of carbonyl (C=O) groups excluding carboxylic acids is 1. The molecule has 158 valence electrons. The Morgan fingerprint density at radius 3 is 2.97 bits per heavy atom. The number of carbonyl (C=O) groups is 1. The van der Waals surface area contributed by atoms with Gasteiger partial charge in [-0.2, -0.15) is 5.26 Å². The normalized spacial score (nSPS) is 15.4. The van der Waals surface area contributed by atoms with E-state index in [-0.39, 0.29) is 12.0 Å². The standard InChI is InChI=1S/C23H27N3O4/c1-28-22-13-18(14-24)8-9-21(22)30-12-4-7-23(27)26(17-20-6-3-11-29-20)16-19-5-2-10-25-15-19/h2,5,8-10,13,15,20H,3-4,6-7,11-12,16-17H2,1H3. The lowest BCUT2D eigenvalue weighted by atomic mass is 10.2. The predicted octanol–water partition coefficient (Wildman–Crippen LogP) is 3.33. The summed E-state index contributed by atoms with van der Waals surface area (Å²) in [6.45, 7) is 2.27. The number of amides is 1. The molecule has 0 N–H and O–H groups in total. The second-order valence-corrected chi connectivity index (χ2v) is 7.20. The van der Waals surface area contributed by atoms with Crippen LogP contribution in [0.25, 0.3) is 0 Å². The van der Waals surface area contributed by atoms with Gasteiger partial charge in [0.15, 0.2) is 11.5 Å². The number of rotatable bonds is 10. The van der Waals surface area contributed by atoms with Crippen molar-refractivity contribution in [2.75, 3.05) is 26.9 Å². The number of aromatic nitrogens is 1. The fourth-order valence-electron chi connectivity index (χ4n) is 3.42. The van der Waals surface area contributed by atoms with Gasteiger partial charge in [0.1, 0.15) is 0 Å². The van der Waals surface area contributed by atoms with Gasteiger partial charge in [-0.3, -0.25) is 9.78 Å². The third-order valence-electron chi connectivity index (χ3n) is 4.98. The Morgan fingerprint density at radius 2 is 2.27 bits per heavy atom. The molecule has 7 heteroatoms. The molecule has 2 heterocycles. The molecule has 3 rings (SSSR count). The maximum atomic E-state index is 12.9. The number of hydrogen-bond donors (Lipinski definition) is 0. The number of ether oxygens (including phenoxy) is 3. The third-order valence-corrected chi connectivity index (χ3v) is 4.98. The molecule has 1 aromatic carbocycles. The number of nitriles is 1. The Bertz CT molecular complexity index is 860. The lowest BCUT2D eigenvalue weighted by Crippen LogP contribution is -2.37. The van der Waals surface area contributed by atoms with Crippen LogP contribution in [0.4, 0.5) is 0 Å². The molecule has 0 saturated carbocycles. The predicted molar refractivity (Wildman–Crippen MR) is 111 cm³/mol. The Kier molecular flexibility index (Phi) is 8.04. The van der Waals surface area contributed by atoms with Crippen molar-refractivity contribution >= 4 is 5.91 Å². The van der Waals surface area contributed by atoms with Crippen molar-refractivity contribution in [2.45, 2.75) is 38.3 Å². The highest BCUT2D eigenvalue weighted by atomic mass is 16.5. The zero-order valence-electron chi connectivity index (χ0n) is 17.3. The molecule has 0 bridgehead atoms. The maximum absolute atomic E-state index is 12.9. The van der Waals surface area contributed by atoms with Crippen LogP contribution in [-0.4, -0.2) is 48.8 Å². The van der Waals surface area contributed by atoms with Gasteiger partial charge in [-0.25, -0.2) is 0 Å². The van der Waals surface area contributed by atoms with E-state index in [1.54, 1.807) is 30.6 Å². The van der Waals surface area contributed by atoms with E-state index in [9.17, 15) is 4.79 Å². The molecule has 1 saturated heterocycles. The number of pyridine rings is 1. The van der Waals surface area contributed by atoms with E-state index in [1.807, 2.05) is 17.0 Å². The van der Waals surface area contributed by atoms with Crippen LogP contribution in [0.5, 0.6) is 11.5 Å². The van der Waals surface area contributed by atoms with Gasteiger partial charge in [-0.1, -0.05) is 6.07 Å². The van der Waals surface area contributed by atoms with E-state index in [4.69, 9.17) is 19.5 Å². The fourth-order valence-corrected chi connectivity index (χ4v) is 3.42. The average molecular weight is 409 g/mol. The summed E-state index contributed by atoms with van der Waals surface area (Å²) in [4.78, 5) is 18.9. The van der Waals surface area contributed by atoms with Gasteiger partial charge in [-0.05, 0) is 43.0 Å². The molecular weight excluding hydrogens is 382 g/mol. The summed E-state index contributed by atoms with van der Waals surface area (Å²) in [5.74, 6) is 1.15. The van der Waals surface area contributed by atoms with E-state index >= 15 is 0 Å². The van der Waals surface area contributed by atoms with E-state index in [0.717, 1.165) is 25.0 Å². The van der Waals surface area contributed by atoms with Crippen LogP contribution in [0.2, 0.25) is 0 Å². The maximum Gasteiger partial charge on any atom is 0.223 e. The van der Waals surface area contributed by atoms with Gasteiger partial charge < -0.3 is 19.1 Å². The van der Waals surface area contributed by atoms with Crippen LogP contribution in [0.1, 0.15) is 36.8 Å². The summed E-state index contributed by atoms with van der Waals surface area (Å²) in [6.07, 6.45) is 6.60. The van der Waals surface area contributed by atoms with E-state index in [0.29, 0.717) is 49.6 Å². The number of nitrogens with zero attached hydrogens (tertiary/aromatic N) is 3. The molecule has 30 heavy (non-hydrogen) atoms. The monoisotopic (exact) mass is 409 g/mol. The molecule has 0 aliphatic carbocycles. The first-order valence-electron chi connectivity index (χ1n) is 10.2. The van der Waals surface area contributed by atoms with Crippen LogP contribution in [-0.2, 0) is 16.1 Å². The topological polar surface area (TPSA) is 84.7 Å². The Hall–Kier alpha value is -3.11. The molecule has 1 amide bonds. The van der Waals surface area contributed by atoms with Crippen molar-refractivity contribution in [3.63, 3.8) is 0 Å². The van der Waals surface area contributed by atoms with Gasteiger partial charge in [0.05, 0.1) is 31.5 Å². The minimum Gasteiger partial charge on any atom is -0.493 e. The van der Waals surface area contributed by atoms with Gasteiger partial charge >= 0.3 is 0 Å². The minimum absolute atomic E-state index is 0.0738. The number of hydrogen-bond acceptors (Lipinski definition) is 6. The van der Waals surface area contributed by atoms with Crippen LogP contribution < -0.4 is 9.47 Å². The molecule has 0 radical (unpaired) electrons. The van der Waals surface area contributed by atoms with Gasteiger partial charge in [-0.15, -0.1) is 0 Å². The SMILES string of the molecule is COc1cc(C#N)ccc1OCCCC(=O)N(Cc1cccnc1)CC1CCCO1. The molecule has 1 aliphatic rings. The smallest absolute Gasteiger partial charge is 0.223 e. The molecule has 1 atom stereocenters. The summed E-state index contributed by atoms with van der Waals surface area (Å²) in [6, 6.07) is 11.0. The van der Waals surface area contributed by atoms with E-state index in [1.165, 1.54) is 7.11 Å². The first kappa shape index (κ1) is 21.6. The van der Waals surface area contributed by atoms with Crippen molar-refractivity contribution in [1.82, 2.24) is 9.88 Å². The van der Waals surface area contributed by atoms with Crippen LogP contribution in [0.15, 0.2) is 42.7 Å². The lowest BCUT2D eigenvalue weighted by Gasteiger charge is -2.25. The molecule has 2 aromatic rings. The Morgan fingerprint density at radius 1 is 1.37 bits per heavy atom. The van der Waals surface area contributed by atoms with Crippen LogP contribution in [0.3, 0.4) is 0 Å². The average Bonchev–Trinajstić information content (AvgIpc) is 3.30. The van der Waals surface area contributed by atoms with Gasteiger partial charge in [0, 0.05) is 44.6 Å². The molecule has 1 aromatic heterocycles. The molecule has 1 aliphatic heterocycles. The largest absolute Gasteiger partial charge is 0.493 e. The summed E-state index contributed by atoms with van der Waals surface area (Å²) in [5.41, 5.74) is 1.51. The third kappa shape index (κ3) is 6.19.